The van der Waals surface area contributed by atoms with Crippen molar-refractivity contribution < 1.29 is 9.18 Å². The van der Waals surface area contributed by atoms with Crippen molar-refractivity contribution in [2.24, 2.45) is 0 Å². The van der Waals surface area contributed by atoms with Crippen molar-refractivity contribution in [3.63, 3.8) is 0 Å². The Morgan fingerprint density at radius 3 is 2.59 bits per heavy atom. The number of hydrogen-bond donors (Lipinski definition) is 1. The molecule has 1 aliphatic rings. The van der Waals surface area contributed by atoms with E-state index in [0.29, 0.717) is 11.6 Å². The van der Waals surface area contributed by atoms with E-state index in [2.05, 4.69) is 17.4 Å². The maximum absolute atomic E-state index is 13.2. The fourth-order valence-corrected chi connectivity index (χ4v) is 4.30. The van der Waals surface area contributed by atoms with Gasteiger partial charge in [-0.1, -0.05) is 41.7 Å². The summed E-state index contributed by atoms with van der Waals surface area (Å²) in [6, 6.07) is 16.2. The third-order valence-electron chi connectivity index (χ3n) is 4.85. The number of nitrogens with one attached hydrogen (secondary N) is 1. The molecule has 2 atom stereocenters. The number of aromatic nitrogens is 1. The van der Waals surface area contributed by atoms with Gasteiger partial charge in [0.05, 0.1) is 5.69 Å². The predicted octanol–water partition coefficient (Wildman–Crippen LogP) is 3.70. The molecular weight excluding hydrogens is 363 g/mol. The Hall–Kier alpha value is -2.73. The number of hydrogen-bond acceptors (Lipinski definition) is 3. The number of nitrogens with zero attached hydrogens (tertiary/aromatic N) is 1. The lowest BCUT2D eigenvalue weighted by Crippen LogP contribution is -2.33. The molecule has 1 amide bonds. The normalized spacial score (nSPS) is 18.3. The van der Waals surface area contributed by atoms with Gasteiger partial charge in [-0.05, 0) is 48.7 Å². The molecule has 1 fully saturated rings. The minimum Gasteiger partial charge on any atom is -0.351 e. The van der Waals surface area contributed by atoms with E-state index in [0.717, 1.165) is 28.2 Å². The maximum atomic E-state index is 13.2. The molecule has 0 radical (unpaired) electrons. The average molecular weight is 382 g/mol. The Labute approximate surface area is 160 Å². The highest BCUT2D eigenvalue weighted by molar-refractivity contribution is 7.09. The molecule has 0 bridgehead atoms. The van der Waals surface area contributed by atoms with Crippen molar-refractivity contribution >= 4 is 17.2 Å². The van der Waals surface area contributed by atoms with Crippen LogP contribution in [-0.2, 0) is 11.3 Å². The third-order valence-corrected chi connectivity index (χ3v) is 5.74. The average Bonchev–Trinajstić information content (AvgIpc) is 3.36. The first-order valence-corrected chi connectivity index (χ1v) is 9.65. The first-order chi connectivity index (χ1) is 13.0. The van der Waals surface area contributed by atoms with Crippen LogP contribution < -0.4 is 10.2 Å². The van der Waals surface area contributed by atoms with Crippen LogP contribution in [0.4, 0.5) is 4.39 Å². The number of benzene rings is 2. The molecule has 4 nitrogen and oxygen atoms in total. The second-order valence-corrected chi connectivity index (χ2v) is 7.96. The number of thiazole rings is 1. The standard InChI is InChI=1S/C21H19FN2O2S/c1-13-20(15-7-9-16(22)10-8-15)24(21(26)27-13)12-19(25)23-18-11-17(18)14-5-3-2-4-6-14/h2-10,17-18H,11-12H2,1H3,(H,23,25)/t17-,18-/m1/s1. The predicted molar refractivity (Wildman–Crippen MR) is 104 cm³/mol. The summed E-state index contributed by atoms with van der Waals surface area (Å²) in [4.78, 5) is 25.5. The highest BCUT2D eigenvalue weighted by atomic mass is 32.1. The Bertz CT molecular complexity index is 1020. The molecule has 1 saturated carbocycles. The van der Waals surface area contributed by atoms with E-state index >= 15 is 0 Å². The molecule has 1 aliphatic carbocycles. The smallest absolute Gasteiger partial charge is 0.308 e. The van der Waals surface area contributed by atoms with Gasteiger partial charge in [-0.2, -0.15) is 0 Å². The topological polar surface area (TPSA) is 51.1 Å². The van der Waals surface area contributed by atoms with Crippen molar-refractivity contribution in [1.82, 2.24) is 9.88 Å². The van der Waals surface area contributed by atoms with Gasteiger partial charge in [0.25, 0.3) is 0 Å². The highest BCUT2D eigenvalue weighted by Crippen LogP contribution is 2.40. The number of halogens is 1. The summed E-state index contributed by atoms with van der Waals surface area (Å²) in [7, 11) is 0. The minimum atomic E-state index is -0.334. The van der Waals surface area contributed by atoms with Gasteiger partial charge in [-0.15, -0.1) is 0 Å². The molecule has 1 aromatic heterocycles. The summed E-state index contributed by atoms with van der Waals surface area (Å²) in [5.41, 5.74) is 2.63. The molecule has 3 aromatic rings. The molecule has 0 spiro atoms. The fourth-order valence-electron chi connectivity index (χ4n) is 3.45. The van der Waals surface area contributed by atoms with E-state index in [9.17, 15) is 14.0 Å². The molecule has 2 aromatic carbocycles. The lowest BCUT2D eigenvalue weighted by atomic mass is 10.1. The number of rotatable bonds is 5. The molecule has 4 rings (SSSR count). The van der Waals surface area contributed by atoms with Gasteiger partial charge in [0.1, 0.15) is 12.4 Å². The zero-order valence-corrected chi connectivity index (χ0v) is 15.6. The number of aryl methyl sites for hydroxylation is 1. The van der Waals surface area contributed by atoms with Crippen LogP contribution in [0.2, 0.25) is 0 Å². The lowest BCUT2D eigenvalue weighted by molar-refractivity contribution is -0.121. The maximum Gasteiger partial charge on any atom is 0.308 e. The molecule has 1 heterocycles. The van der Waals surface area contributed by atoms with Crippen LogP contribution in [0, 0.1) is 12.7 Å². The monoisotopic (exact) mass is 382 g/mol. The van der Waals surface area contributed by atoms with Crippen LogP contribution in [0.5, 0.6) is 0 Å². The molecule has 1 N–H and O–H groups in total. The molecule has 6 heteroatoms. The van der Waals surface area contributed by atoms with Crippen molar-refractivity contribution in [1.29, 1.82) is 0 Å². The van der Waals surface area contributed by atoms with Crippen LogP contribution >= 0.6 is 11.3 Å². The van der Waals surface area contributed by atoms with E-state index in [1.165, 1.54) is 22.3 Å². The third kappa shape index (κ3) is 3.71. The molecular formula is C21H19FN2O2S. The van der Waals surface area contributed by atoms with Gasteiger partial charge in [0.15, 0.2) is 0 Å². The summed E-state index contributed by atoms with van der Waals surface area (Å²) in [6.07, 6.45) is 0.915. The Balaban J connectivity index is 1.49. The van der Waals surface area contributed by atoms with Crippen LogP contribution in [0.25, 0.3) is 11.3 Å². The van der Waals surface area contributed by atoms with Gasteiger partial charge >= 0.3 is 4.87 Å². The van der Waals surface area contributed by atoms with E-state index in [4.69, 9.17) is 0 Å². The minimum absolute atomic E-state index is 0.0338. The van der Waals surface area contributed by atoms with Crippen molar-refractivity contribution in [3.8, 4) is 11.3 Å². The van der Waals surface area contributed by atoms with Gasteiger partial charge in [-0.25, -0.2) is 4.39 Å². The number of amides is 1. The second-order valence-electron chi connectivity index (χ2n) is 6.79. The van der Waals surface area contributed by atoms with Crippen LogP contribution in [0.1, 0.15) is 22.8 Å². The first-order valence-electron chi connectivity index (χ1n) is 8.83. The summed E-state index contributed by atoms with van der Waals surface area (Å²) in [6.45, 7) is 1.80. The van der Waals surface area contributed by atoms with Crippen LogP contribution in [0.3, 0.4) is 0 Å². The largest absolute Gasteiger partial charge is 0.351 e. The number of carbonyl (C=O) groups is 1. The van der Waals surface area contributed by atoms with E-state index in [1.807, 2.05) is 25.1 Å². The van der Waals surface area contributed by atoms with E-state index in [-0.39, 0.29) is 29.2 Å². The van der Waals surface area contributed by atoms with Gasteiger partial charge in [0, 0.05) is 16.8 Å². The molecule has 138 valence electrons. The zero-order chi connectivity index (χ0) is 19.0. The SMILES string of the molecule is Cc1sc(=O)n(CC(=O)N[C@@H]2C[C@@H]2c2ccccc2)c1-c1ccc(F)cc1. The van der Waals surface area contributed by atoms with Crippen LogP contribution in [0.15, 0.2) is 59.4 Å². The van der Waals surface area contributed by atoms with Gasteiger partial charge in [0.2, 0.25) is 5.91 Å². The van der Waals surface area contributed by atoms with Crippen molar-refractivity contribution in [3.05, 3.63) is 80.5 Å². The summed E-state index contributed by atoms with van der Waals surface area (Å²) in [5, 5.41) is 3.02. The molecule has 0 aliphatic heterocycles. The molecule has 0 unspecified atom stereocenters. The molecule has 0 saturated heterocycles. The van der Waals surface area contributed by atoms with E-state index in [1.54, 1.807) is 12.1 Å². The van der Waals surface area contributed by atoms with E-state index < -0.39 is 0 Å². The Morgan fingerprint density at radius 1 is 1.19 bits per heavy atom. The summed E-state index contributed by atoms with van der Waals surface area (Å²) in [5.74, 6) is -0.173. The summed E-state index contributed by atoms with van der Waals surface area (Å²) >= 11 is 1.10. The van der Waals surface area contributed by atoms with Gasteiger partial charge in [-0.3, -0.25) is 14.2 Å². The second kappa shape index (κ2) is 7.12. The van der Waals surface area contributed by atoms with Crippen molar-refractivity contribution in [2.75, 3.05) is 0 Å². The number of carbonyl (C=O) groups excluding carboxylic acids is 1. The Kier molecular flexibility index (Phi) is 4.66. The summed E-state index contributed by atoms with van der Waals surface area (Å²) < 4.78 is 14.7. The van der Waals surface area contributed by atoms with Crippen molar-refractivity contribution in [2.45, 2.75) is 31.8 Å². The van der Waals surface area contributed by atoms with Gasteiger partial charge < -0.3 is 5.32 Å². The zero-order valence-electron chi connectivity index (χ0n) is 14.8. The Morgan fingerprint density at radius 2 is 1.89 bits per heavy atom. The lowest BCUT2D eigenvalue weighted by Gasteiger charge is -2.10. The quantitative estimate of drug-likeness (QED) is 0.732. The highest BCUT2D eigenvalue weighted by Gasteiger charge is 2.39. The van der Waals surface area contributed by atoms with Crippen LogP contribution in [-0.4, -0.2) is 16.5 Å². The fraction of sp³-hybridized carbons (Fsp3) is 0.238. The first kappa shape index (κ1) is 17.7. The molecule has 27 heavy (non-hydrogen) atoms.